The van der Waals surface area contributed by atoms with Crippen LogP contribution in [0.5, 0.6) is 0 Å². The first-order chi connectivity index (χ1) is 13.0. The molecule has 0 N–H and O–H groups in total. The average molecular weight is 401 g/mol. The molecule has 140 valence electrons. The van der Waals surface area contributed by atoms with E-state index in [1.807, 2.05) is 55.5 Å². The molecule has 0 aliphatic carbocycles. The molecule has 4 nitrogen and oxygen atoms in total. The number of aryl methyl sites for hydroxylation is 1. The number of halogens is 1. The predicted molar refractivity (Wildman–Crippen MR) is 108 cm³/mol. The summed E-state index contributed by atoms with van der Waals surface area (Å²) in [7, 11) is -3.70. The van der Waals surface area contributed by atoms with Crippen molar-refractivity contribution in [2.24, 2.45) is 0 Å². The molecule has 3 aromatic rings. The topological polar surface area (TPSA) is 50.3 Å². The highest BCUT2D eigenvalue weighted by atomic mass is 35.5. The van der Waals surface area contributed by atoms with E-state index >= 15 is 0 Å². The van der Waals surface area contributed by atoms with Gasteiger partial charge in [-0.3, -0.25) is 4.98 Å². The van der Waals surface area contributed by atoms with Crippen LogP contribution in [-0.4, -0.2) is 24.3 Å². The number of nitrogens with zero attached hydrogens (tertiary/aromatic N) is 2. The minimum absolute atomic E-state index is 0.196. The predicted octanol–water partition coefficient (Wildman–Crippen LogP) is 4.48. The van der Waals surface area contributed by atoms with E-state index in [1.165, 1.54) is 10.4 Å². The quantitative estimate of drug-likeness (QED) is 0.587. The Morgan fingerprint density at radius 3 is 2.41 bits per heavy atom. The van der Waals surface area contributed by atoms with Gasteiger partial charge in [-0.1, -0.05) is 54.1 Å². The third-order valence-electron chi connectivity index (χ3n) is 4.34. The second-order valence-electron chi connectivity index (χ2n) is 6.31. The van der Waals surface area contributed by atoms with Crippen molar-refractivity contribution in [3.05, 3.63) is 94.8 Å². The Labute approximate surface area is 165 Å². The number of rotatable bonds is 7. The smallest absolute Gasteiger partial charge is 0.243 e. The van der Waals surface area contributed by atoms with Crippen molar-refractivity contribution in [3.63, 3.8) is 0 Å². The van der Waals surface area contributed by atoms with Gasteiger partial charge in [-0.15, -0.1) is 0 Å². The van der Waals surface area contributed by atoms with Crippen LogP contribution in [0.4, 0.5) is 0 Å². The number of aromatic nitrogens is 1. The van der Waals surface area contributed by atoms with Crippen LogP contribution in [-0.2, 0) is 23.0 Å². The molecule has 1 heterocycles. The molecule has 3 rings (SSSR count). The Balaban J connectivity index is 1.90. The number of hydrogen-bond acceptors (Lipinski definition) is 3. The summed E-state index contributed by atoms with van der Waals surface area (Å²) in [6.45, 7) is 2.41. The Morgan fingerprint density at radius 2 is 1.74 bits per heavy atom. The summed E-state index contributed by atoms with van der Waals surface area (Å²) in [4.78, 5) is 4.48. The Morgan fingerprint density at radius 1 is 1.00 bits per heavy atom. The maximum absolute atomic E-state index is 13.3. The minimum atomic E-state index is -3.70. The van der Waals surface area contributed by atoms with E-state index < -0.39 is 10.0 Å². The molecule has 0 spiro atoms. The third kappa shape index (κ3) is 4.95. The van der Waals surface area contributed by atoms with Gasteiger partial charge in [0.05, 0.1) is 17.1 Å². The molecule has 0 saturated carbocycles. The Bertz CT molecular complexity index is 993. The van der Waals surface area contributed by atoms with Crippen molar-refractivity contribution < 1.29 is 8.42 Å². The maximum atomic E-state index is 13.3. The van der Waals surface area contributed by atoms with Crippen LogP contribution in [0, 0.1) is 6.92 Å². The minimum Gasteiger partial charge on any atom is -0.260 e. The summed E-state index contributed by atoms with van der Waals surface area (Å²) in [6, 6.07) is 20.2. The molecule has 0 saturated heterocycles. The van der Waals surface area contributed by atoms with Crippen LogP contribution < -0.4 is 0 Å². The molecule has 0 amide bonds. The molecular formula is C21H21ClN2O2S. The lowest BCUT2D eigenvalue weighted by Crippen LogP contribution is -2.33. The Kier molecular flexibility index (Phi) is 6.26. The molecule has 0 bridgehead atoms. The highest BCUT2D eigenvalue weighted by molar-refractivity contribution is 7.89. The molecule has 0 atom stereocenters. The van der Waals surface area contributed by atoms with Crippen molar-refractivity contribution in [1.29, 1.82) is 0 Å². The third-order valence-corrected chi connectivity index (χ3v) is 6.59. The van der Waals surface area contributed by atoms with Crippen molar-refractivity contribution in [2.45, 2.75) is 24.8 Å². The van der Waals surface area contributed by atoms with Gasteiger partial charge in [0.25, 0.3) is 0 Å². The fraction of sp³-hybridized carbons (Fsp3) is 0.190. The van der Waals surface area contributed by atoms with Crippen molar-refractivity contribution in [2.75, 3.05) is 6.54 Å². The monoisotopic (exact) mass is 400 g/mol. The normalized spacial score (nSPS) is 11.7. The van der Waals surface area contributed by atoms with Crippen molar-refractivity contribution >= 4 is 21.6 Å². The zero-order chi connectivity index (χ0) is 19.3. The van der Waals surface area contributed by atoms with Gasteiger partial charge in [-0.2, -0.15) is 4.31 Å². The summed E-state index contributed by atoms with van der Waals surface area (Å²) >= 11 is 6.16. The first kappa shape index (κ1) is 19.5. The molecule has 0 aliphatic heterocycles. The van der Waals surface area contributed by atoms with E-state index in [9.17, 15) is 8.42 Å². The van der Waals surface area contributed by atoms with Crippen LogP contribution in [0.2, 0.25) is 5.02 Å². The van der Waals surface area contributed by atoms with E-state index in [4.69, 9.17) is 11.6 Å². The summed E-state index contributed by atoms with van der Waals surface area (Å²) in [5.74, 6) is 0. The van der Waals surface area contributed by atoms with Crippen molar-refractivity contribution in [1.82, 2.24) is 9.29 Å². The van der Waals surface area contributed by atoms with Crippen LogP contribution in [0.3, 0.4) is 0 Å². The average Bonchev–Trinajstić information content (AvgIpc) is 2.68. The van der Waals surface area contributed by atoms with Gasteiger partial charge >= 0.3 is 0 Å². The number of benzene rings is 2. The maximum Gasteiger partial charge on any atom is 0.243 e. The van der Waals surface area contributed by atoms with Crippen LogP contribution >= 0.6 is 11.6 Å². The molecule has 27 heavy (non-hydrogen) atoms. The van der Waals surface area contributed by atoms with Crippen LogP contribution in [0.25, 0.3) is 0 Å². The fourth-order valence-corrected chi connectivity index (χ4v) is 4.42. The second-order valence-corrected chi connectivity index (χ2v) is 8.65. The molecule has 0 aliphatic rings. The first-order valence-corrected chi connectivity index (χ1v) is 10.5. The zero-order valence-corrected chi connectivity index (χ0v) is 16.6. The van der Waals surface area contributed by atoms with Crippen LogP contribution in [0.1, 0.15) is 16.8 Å². The van der Waals surface area contributed by atoms with E-state index in [0.717, 1.165) is 11.1 Å². The SMILES string of the molecule is Cc1ccc(S(=O)(=O)N(CCc2ccccc2)Cc2ccccn2)cc1Cl. The lowest BCUT2D eigenvalue weighted by molar-refractivity contribution is 0.405. The highest BCUT2D eigenvalue weighted by Gasteiger charge is 2.25. The van der Waals surface area contributed by atoms with Gasteiger partial charge in [0.1, 0.15) is 0 Å². The van der Waals surface area contributed by atoms with Gasteiger partial charge in [0.15, 0.2) is 0 Å². The molecule has 0 radical (unpaired) electrons. The summed E-state index contributed by atoms with van der Waals surface area (Å²) in [6.07, 6.45) is 2.28. The van der Waals surface area contributed by atoms with Gasteiger partial charge in [-0.05, 0) is 48.7 Å². The van der Waals surface area contributed by atoms with Gasteiger partial charge in [-0.25, -0.2) is 8.42 Å². The molecule has 6 heteroatoms. The molecule has 0 unspecified atom stereocenters. The number of sulfonamides is 1. The first-order valence-electron chi connectivity index (χ1n) is 8.67. The summed E-state index contributed by atoms with van der Waals surface area (Å²) in [5.41, 5.74) is 2.63. The van der Waals surface area contributed by atoms with Crippen molar-refractivity contribution in [3.8, 4) is 0 Å². The molecular weight excluding hydrogens is 380 g/mol. The van der Waals surface area contributed by atoms with E-state index in [1.54, 1.807) is 18.3 Å². The lowest BCUT2D eigenvalue weighted by atomic mass is 10.1. The lowest BCUT2D eigenvalue weighted by Gasteiger charge is -2.22. The summed E-state index contributed by atoms with van der Waals surface area (Å²) in [5, 5.41) is 0.442. The number of pyridine rings is 1. The zero-order valence-electron chi connectivity index (χ0n) is 15.0. The fourth-order valence-electron chi connectivity index (χ4n) is 2.74. The van der Waals surface area contributed by atoms with Gasteiger partial charge in [0.2, 0.25) is 10.0 Å². The number of hydrogen-bond donors (Lipinski definition) is 0. The largest absolute Gasteiger partial charge is 0.260 e. The van der Waals surface area contributed by atoms with Gasteiger partial charge in [0, 0.05) is 17.8 Å². The van der Waals surface area contributed by atoms with E-state index in [-0.39, 0.29) is 11.4 Å². The standard InChI is InChI=1S/C21H21ClN2O2S/c1-17-10-11-20(15-21(17)22)27(25,26)24(16-19-9-5-6-13-23-19)14-12-18-7-3-2-4-8-18/h2-11,13,15H,12,14,16H2,1H3. The molecule has 1 aromatic heterocycles. The molecule has 0 fully saturated rings. The molecule has 2 aromatic carbocycles. The highest BCUT2D eigenvalue weighted by Crippen LogP contribution is 2.24. The van der Waals surface area contributed by atoms with Crippen LogP contribution in [0.15, 0.2) is 77.8 Å². The van der Waals surface area contributed by atoms with Gasteiger partial charge < -0.3 is 0 Å². The Hall–Kier alpha value is -2.21. The van der Waals surface area contributed by atoms with E-state index in [2.05, 4.69) is 4.98 Å². The van der Waals surface area contributed by atoms with E-state index in [0.29, 0.717) is 23.7 Å². The summed E-state index contributed by atoms with van der Waals surface area (Å²) < 4.78 is 28.0. The second kappa shape index (κ2) is 8.65.